The predicted molar refractivity (Wildman–Crippen MR) is 137 cm³/mol. The maximum absolute atomic E-state index is 12.9. The van der Waals surface area contributed by atoms with Gasteiger partial charge in [-0.15, -0.1) is 0 Å². The standard InChI is InChI=1S/C25H29N5O3S/c1-6-11-26-22(31)18-9-7-8-10-19(18)28-24(33)30-25-27-17(5)21(34-25)23(32)29-20-15(3)12-14(2)13-16(20)4/h7-10,12-13H,6,11H2,1-5H3,(H,26,31)(H,29,32)(H2,27,28,30,33). The van der Waals surface area contributed by atoms with E-state index in [9.17, 15) is 14.4 Å². The summed E-state index contributed by atoms with van der Waals surface area (Å²) in [6.07, 6.45) is 0.810. The van der Waals surface area contributed by atoms with E-state index in [0.717, 1.165) is 40.1 Å². The van der Waals surface area contributed by atoms with Crippen LogP contribution >= 0.6 is 11.3 Å². The lowest BCUT2D eigenvalue weighted by molar-refractivity contribution is 0.0953. The number of hydrogen-bond acceptors (Lipinski definition) is 5. The number of nitrogens with zero attached hydrogens (tertiary/aromatic N) is 1. The van der Waals surface area contributed by atoms with Gasteiger partial charge in [-0.25, -0.2) is 9.78 Å². The Morgan fingerprint density at radius 2 is 1.59 bits per heavy atom. The van der Waals surface area contributed by atoms with Crippen molar-refractivity contribution in [2.45, 2.75) is 41.0 Å². The highest BCUT2D eigenvalue weighted by Gasteiger charge is 2.19. The number of thiazole rings is 1. The van der Waals surface area contributed by atoms with Crippen molar-refractivity contribution in [2.24, 2.45) is 0 Å². The van der Waals surface area contributed by atoms with E-state index in [4.69, 9.17) is 0 Å². The number of aryl methyl sites for hydroxylation is 4. The molecule has 0 aliphatic heterocycles. The van der Waals surface area contributed by atoms with Gasteiger partial charge in [0.1, 0.15) is 4.88 Å². The molecule has 0 radical (unpaired) electrons. The molecule has 0 fully saturated rings. The van der Waals surface area contributed by atoms with Crippen molar-refractivity contribution in [1.29, 1.82) is 0 Å². The Morgan fingerprint density at radius 1 is 0.912 bits per heavy atom. The molecule has 178 valence electrons. The Morgan fingerprint density at radius 3 is 2.26 bits per heavy atom. The van der Waals surface area contributed by atoms with Gasteiger partial charge >= 0.3 is 6.03 Å². The van der Waals surface area contributed by atoms with E-state index in [1.54, 1.807) is 31.2 Å². The van der Waals surface area contributed by atoms with E-state index in [1.807, 2.05) is 39.8 Å². The first-order chi connectivity index (χ1) is 16.2. The molecule has 0 aliphatic carbocycles. The molecule has 0 saturated carbocycles. The molecule has 4 N–H and O–H groups in total. The minimum atomic E-state index is -0.554. The van der Waals surface area contributed by atoms with Crippen LogP contribution in [0.5, 0.6) is 0 Å². The van der Waals surface area contributed by atoms with Crippen molar-refractivity contribution in [3.63, 3.8) is 0 Å². The smallest absolute Gasteiger partial charge is 0.325 e. The van der Waals surface area contributed by atoms with Crippen LogP contribution in [0.4, 0.5) is 21.3 Å². The van der Waals surface area contributed by atoms with Crippen LogP contribution in [0.2, 0.25) is 0 Å². The summed E-state index contributed by atoms with van der Waals surface area (Å²) in [7, 11) is 0. The Bertz CT molecular complexity index is 1210. The van der Waals surface area contributed by atoms with Gasteiger partial charge in [0.2, 0.25) is 0 Å². The van der Waals surface area contributed by atoms with E-state index in [2.05, 4.69) is 26.3 Å². The minimum absolute atomic E-state index is 0.261. The second kappa shape index (κ2) is 10.9. The SMILES string of the molecule is CCCNC(=O)c1ccccc1NC(=O)Nc1nc(C)c(C(=O)Nc2c(C)cc(C)cc2C)s1. The van der Waals surface area contributed by atoms with Crippen LogP contribution in [0.15, 0.2) is 36.4 Å². The van der Waals surface area contributed by atoms with Crippen molar-refractivity contribution >= 4 is 45.7 Å². The van der Waals surface area contributed by atoms with Crippen LogP contribution in [0.25, 0.3) is 0 Å². The van der Waals surface area contributed by atoms with Crippen molar-refractivity contribution < 1.29 is 14.4 Å². The number of aromatic nitrogens is 1. The van der Waals surface area contributed by atoms with Crippen LogP contribution in [0, 0.1) is 27.7 Å². The molecule has 0 atom stereocenters. The lowest BCUT2D eigenvalue weighted by atomic mass is 10.1. The lowest BCUT2D eigenvalue weighted by Gasteiger charge is -2.12. The van der Waals surface area contributed by atoms with Crippen molar-refractivity contribution in [2.75, 3.05) is 22.5 Å². The number of rotatable bonds is 7. The normalized spacial score (nSPS) is 10.5. The number of nitrogens with one attached hydrogen (secondary N) is 4. The van der Waals surface area contributed by atoms with Gasteiger partial charge in [-0.2, -0.15) is 0 Å². The third kappa shape index (κ3) is 5.99. The van der Waals surface area contributed by atoms with E-state index in [1.165, 1.54) is 0 Å². The second-order valence-corrected chi connectivity index (χ2v) is 9.04. The van der Waals surface area contributed by atoms with Crippen LogP contribution in [0.3, 0.4) is 0 Å². The fourth-order valence-electron chi connectivity index (χ4n) is 3.58. The molecule has 0 spiro atoms. The minimum Gasteiger partial charge on any atom is -0.352 e. The summed E-state index contributed by atoms with van der Waals surface area (Å²) in [5, 5.41) is 11.4. The number of anilines is 3. The summed E-state index contributed by atoms with van der Waals surface area (Å²) < 4.78 is 0. The molecule has 4 amide bonds. The van der Waals surface area contributed by atoms with E-state index in [0.29, 0.717) is 28.4 Å². The van der Waals surface area contributed by atoms with Crippen LogP contribution in [0.1, 0.15) is 55.8 Å². The van der Waals surface area contributed by atoms with Crippen LogP contribution < -0.4 is 21.3 Å². The van der Waals surface area contributed by atoms with Crippen molar-refractivity contribution in [1.82, 2.24) is 10.3 Å². The molecule has 0 aliphatic rings. The maximum Gasteiger partial charge on any atom is 0.325 e. The molecule has 3 aromatic rings. The van der Waals surface area contributed by atoms with Gasteiger partial charge < -0.3 is 16.0 Å². The van der Waals surface area contributed by atoms with Gasteiger partial charge in [-0.3, -0.25) is 14.9 Å². The molecule has 1 aromatic heterocycles. The fraction of sp³-hybridized carbons (Fsp3) is 0.280. The quantitative estimate of drug-likeness (QED) is 0.363. The summed E-state index contributed by atoms with van der Waals surface area (Å²) in [5.41, 5.74) is 5.12. The van der Waals surface area contributed by atoms with Gasteiger partial charge in [0.15, 0.2) is 5.13 Å². The summed E-state index contributed by atoms with van der Waals surface area (Å²) >= 11 is 1.09. The Labute approximate surface area is 203 Å². The van der Waals surface area contributed by atoms with E-state index >= 15 is 0 Å². The zero-order chi connectivity index (χ0) is 24.8. The first kappa shape index (κ1) is 24.9. The highest BCUT2D eigenvalue weighted by atomic mass is 32.1. The van der Waals surface area contributed by atoms with E-state index in [-0.39, 0.29) is 16.9 Å². The molecule has 0 bridgehead atoms. The van der Waals surface area contributed by atoms with Crippen molar-refractivity contribution in [3.8, 4) is 0 Å². The van der Waals surface area contributed by atoms with Gasteiger partial charge in [0.05, 0.1) is 16.9 Å². The Balaban J connectivity index is 1.70. The predicted octanol–water partition coefficient (Wildman–Crippen LogP) is 5.41. The summed E-state index contributed by atoms with van der Waals surface area (Å²) in [6, 6.07) is 10.2. The molecular weight excluding hydrogens is 450 g/mol. The summed E-state index contributed by atoms with van der Waals surface area (Å²) in [6.45, 7) is 10.1. The molecule has 0 unspecified atom stereocenters. The number of hydrogen-bond donors (Lipinski definition) is 4. The monoisotopic (exact) mass is 479 g/mol. The number of para-hydroxylation sites is 1. The lowest BCUT2D eigenvalue weighted by Crippen LogP contribution is -2.26. The number of benzene rings is 2. The first-order valence-electron chi connectivity index (χ1n) is 11.0. The Kier molecular flexibility index (Phi) is 8.01. The average Bonchev–Trinajstić information content (AvgIpc) is 3.14. The maximum atomic E-state index is 12.9. The molecular formula is C25H29N5O3S. The molecule has 9 heteroatoms. The van der Waals surface area contributed by atoms with Gasteiger partial charge in [-0.05, 0) is 57.4 Å². The van der Waals surface area contributed by atoms with Crippen molar-refractivity contribution in [3.05, 3.63) is 69.2 Å². The fourth-order valence-corrected chi connectivity index (χ4v) is 4.44. The third-order valence-electron chi connectivity index (χ3n) is 5.09. The van der Waals surface area contributed by atoms with Crippen LogP contribution in [-0.2, 0) is 0 Å². The summed E-state index contributed by atoms with van der Waals surface area (Å²) in [4.78, 5) is 42.6. The topological polar surface area (TPSA) is 112 Å². The number of urea groups is 1. The Hall–Kier alpha value is -3.72. The molecule has 2 aromatic carbocycles. The molecule has 8 nitrogen and oxygen atoms in total. The van der Waals surface area contributed by atoms with E-state index < -0.39 is 6.03 Å². The van der Waals surface area contributed by atoms with Crippen LogP contribution in [-0.4, -0.2) is 29.4 Å². The van der Waals surface area contributed by atoms with Gasteiger partial charge in [-0.1, -0.05) is 48.1 Å². The third-order valence-corrected chi connectivity index (χ3v) is 6.17. The second-order valence-electron chi connectivity index (χ2n) is 8.04. The molecule has 0 saturated heterocycles. The molecule has 3 rings (SSSR count). The zero-order valence-corrected chi connectivity index (χ0v) is 20.8. The highest BCUT2D eigenvalue weighted by molar-refractivity contribution is 7.17. The largest absolute Gasteiger partial charge is 0.352 e. The van der Waals surface area contributed by atoms with Gasteiger partial charge in [0, 0.05) is 12.2 Å². The van der Waals surface area contributed by atoms with Gasteiger partial charge in [0.25, 0.3) is 11.8 Å². The molecule has 1 heterocycles. The molecule has 34 heavy (non-hydrogen) atoms. The first-order valence-corrected chi connectivity index (χ1v) is 11.8. The average molecular weight is 480 g/mol. The zero-order valence-electron chi connectivity index (χ0n) is 20.0. The highest BCUT2D eigenvalue weighted by Crippen LogP contribution is 2.27. The number of carbonyl (C=O) groups excluding carboxylic acids is 3. The number of amides is 4. The summed E-state index contributed by atoms with van der Waals surface area (Å²) in [5.74, 6) is -0.542. The number of carbonyl (C=O) groups is 3.